The van der Waals surface area contributed by atoms with Gasteiger partial charge in [-0.3, -0.25) is 9.69 Å². The van der Waals surface area contributed by atoms with Crippen molar-refractivity contribution in [3.05, 3.63) is 23.8 Å². The molecule has 0 bridgehead atoms. The van der Waals surface area contributed by atoms with Crippen molar-refractivity contribution in [2.75, 3.05) is 19.6 Å². The molecule has 0 unspecified atom stereocenters. The van der Waals surface area contributed by atoms with E-state index in [4.69, 9.17) is 0 Å². The van der Waals surface area contributed by atoms with Crippen LogP contribution in [0.1, 0.15) is 32.4 Å². The number of nitrogens with one attached hydrogen (secondary N) is 1. The number of fused-ring (bicyclic) bond motifs is 1. The standard InChI is InChI=1S/C15H25N5O/c1-12(2)5-4-7-19-8-6-14-17-18-15(11-16-13(3)21)20(14)10-9-19/h4-5,12H,6-11H2,1-3H3,(H,16,21)/b5-4+. The van der Waals surface area contributed by atoms with Gasteiger partial charge in [0.25, 0.3) is 0 Å². The van der Waals surface area contributed by atoms with E-state index in [2.05, 4.69) is 51.0 Å². The molecular formula is C15H25N5O. The molecule has 0 aliphatic carbocycles. The first-order valence-corrected chi connectivity index (χ1v) is 7.60. The number of aromatic nitrogens is 3. The van der Waals surface area contributed by atoms with Crippen LogP contribution in [-0.2, 0) is 24.3 Å². The van der Waals surface area contributed by atoms with Crippen LogP contribution in [0.4, 0.5) is 0 Å². The average molecular weight is 291 g/mol. The molecule has 2 rings (SSSR count). The largest absolute Gasteiger partial charge is 0.349 e. The van der Waals surface area contributed by atoms with E-state index in [1.165, 1.54) is 6.92 Å². The zero-order chi connectivity index (χ0) is 15.2. The minimum atomic E-state index is -0.0404. The molecule has 0 spiro atoms. The molecule has 0 saturated carbocycles. The van der Waals surface area contributed by atoms with E-state index >= 15 is 0 Å². The van der Waals surface area contributed by atoms with E-state index < -0.39 is 0 Å². The van der Waals surface area contributed by atoms with Crippen LogP contribution in [0.25, 0.3) is 0 Å². The molecule has 1 aliphatic rings. The predicted octanol–water partition coefficient (Wildman–Crippen LogP) is 0.984. The molecule has 1 aromatic rings. The molecule has 0 atom stereocenters. The molecule has 1 aromatic heterocycles. The Balaban J connectivity index is 1.93. The monoisotopic (exact) mass is 291 g/mol. The number of nitrogens with zero attached hydrogens (tertiary/aromatic N) is 4. The topological polar surface area (TPSA) is 63.1 Å². The fourth-order valence-corrected chi connectivity index (χ4v) is 2.43. The number of hydrogen-bond acceptors (Lipinski definition) is 4. The van der Waals surface area contributed by atoms with Crippen LogP contribution in [0.3, 0.4) is 0 Å². The molecule has 1 aliphatic heterocycles. The van der Waals surface area contributed by atoms with Gasteiger partial charge in [0.15, 0.2) is 5.82 Å². The molecular weight excluding hydrogens is 266 g/mol. The maximum absolute atomic E-state index is 11.0. The zero-order valence-electron chi connectivity index (χ0n) is 13.2. The highest BCUT2D eigenvalue weighted by Crippen LogP contribution is 2.09. The van der Waals surface area contributed by atoms with Crippen molar-refractivity contribution >= 4 is 5.91 Å². The van der Waals surface area contributed by atoms with Gasteiger partial charge in [-0.25, -0.2) is 0 Å². The zero-order valence-corrected chi connectivity index (χ0v) is 13.2. The van der Waals surface area contributed by atoms with Crippen LogP contribution in [-0.4, -0.2) is 45.2 Å². The van der Waals surface area contributed by atoms with Crippen LogP contribution in [0.5, 0.6) is 0 Å². The highest BCUT2D eigenvalue weighted by Gasteiger charge is 2.17. The molecule has 6 heteroatoms. The lowest BCUT2D eigenvalue weighted by atomic mass is 10.2. The quantitative estimate of drug-likeness (QED) is 0.822. The normalized spacial score (nSPS) is 16.2. The minimum Gasteiger partial charge on any atom is -0.349 e. The van der Waals surface area contributed by atoms with Crippen LogP contribution in [0, 0.1) is 5.92 Å². The Hall–Kier alpha value is -1.69. The van der Waals surface area contributed by atoms with Crippen molar-refractivity contribution in [1.29, 1.82) is 0 Å². The second kappa shape index (κ2) is 7.36. The number of allylic oxidation sites excluding steroid dienone is 1. The van der Waals surface area contributed by atoms with Gasteiger partial charge in [0.1, 0.15) is 5.82 Å². The average Bonchev–Trinajstić information content (AvgIpc) is 2.69. The number of amides is 1. The van der Waals surface area contributed by atoms with Crippen molar-refractivity contribution in [3.8, 4) is 0 Å². The molecule has 0 saturated heterocycles. The van der Waals surface area contributed by atoms with E-state index in [1.54, 1.807) is 0 Å². The molecule has 116 valence electrons. The number of hydrogen-bond donors (Lipinski definition) is 1. The van der Waals surface area contributed by atoms with Crippen molar-refractivity contribution in [2.24, 2.45) is 5.92 Å². The summed E-state index contributed by atoms with van der Waals surface area (Å²) < 4.78 is 2.14. The molecule has 21 heavy (non-hydrogen) atoms. The molecule has 6 nitrogen and oxygen atoms in total. The van der Waals surface area contributed by atoms with Crippen molar-refractivity contribution < 1.29 is 4.79 Å². The van der Waals surface area contributed by atoms with E-state index in [9.17, 15) is 4.79 Å². The summed E-state index contributed by atoms with van der Waals surface area (Å²) in [5, 5.41) is 11.2. The van der Waals surface area contributed by atoms with Gasteiger partial charge in [0.2, 0.25) is 5.91 Å². The SMILES string of the molecule is CC(=O)NCc1nnc2n1CCN(C/C=C/C(C)C)CC2. The first-order chi connectivity index (χ1) is 10.1. The lowest BCUT2D eigenvalue weighted by Crippen LogP contribution is -2.28. The first-order valence-electron chi connectivity index (χ1n) is 7.60. The molecule has 1 amide bonds. The van der Waals surface area contributed by atoms with E-state index in [1.807, 2.05) is 0 Å². The Morgan fingerprint density at radius 3 is 2.86 bits per heavy atom. The summed E-state index contributed by atoms with van der Waals surface area (Å²) in [5.74, 6) is 2.42. The predicted molar refractivity (Wildman–Crippen MR) is 81.7 cm³/mol. The lowest BCUT2D eigenvalue weighted by Gasteiger charge is -2.17. The Morgan fingerprint density at radius 2 is 2.14 bits per heavy atom. The Morgan fingerprint density at radius 1 is 1.33 bits per heavy atom. The van der Waals surface area contributed by atoms with Gasteiger partial charge in [-0.15, -0.1) is 10.2 Å². The van der Waals surface area contributed by atoms with Crippen LogP contribution >= 0.6 is 0 Å². The summed E-state index contributed by atoms with van der Waals surface area (Å²) in [6.45, 7) is 10.2. The van der Waals surface area contributed by atoms with Crippen LogP contribution in [0.2, 0.25) is 0 Å². The van der Waals surface area contributed by atoms with E-state index in [-0.39, 0.29) is 5.91 Å². The number of carbonyl (C=O) groups is 1. The molecule has 2 heterocycles. The highest BCUT2D eigenvalue weighted by molar-refractivity contribution is 5.72. The van der Waals surface area contributed by atoms with Gasteiger partial charge in [0.05, 0.1) is 6.54 Å². The van der Waals surface area contributed by atoms with Crippen LogP contribution < -0.4 is 5.32 Å². The fourth-order valence-electron chi connectivity index (χ4n) is 2.43. The maximum atomic E-state index is 11.0. The highest BCUT2D eigenvalue weighted by atomic mass is 16.1. The van der Waals surface area contributed by atoms with Gasteiger partial charge in [-0.2, -0.15) is 0 Å². The van der Waals surface area contributed by atoms with Gasteiger partial charge in [-0.1, -0.05) is 26.0 Å². The first kappa shape index (κ1) is 15.7. The molecule has 1 N–H and O–H groups in total. The summed E-state index contributed by atoms with van der Waals surface area (Å²) in [6.07, 6.45) is 5.39. The Bertz CT molecular complexity index is 506. The summed E-state index contributed by atoms with van der Waals surface area (Å²) >= 11 is 0. The lowest BCUT2D eigenvalue weighted by molar-refractivity contribution is -0.119. The molecule has 0 fully saturated rings. The summed E-state index contributed by atoms with van der Waals surface area (Å²) in [4.78, 5) is 13.4. The smallest absolute Gasteiger partial charge is 0.217 e. The van der Waals surface area contributed by atoms with Gasteiger partial charge in [-0.05, 0) is 5.92 Å². The second-order valence-electron chi connectivity index (χ2n) is 5.82. The second-order valence-corrected chi connectivity index (χ2v) is 5.82. The third kappa shape index (κ3) is 4.67. The molecule has 0 aromatic carbocycles. The Kier molecular flexibility index (Phi) is 5.50. The summed E-state index contributed by atoms with van der Waals surface area (Å²) in [6, 6.07) is 0. The third-order valence-corrected chi connectivity index (χ3v) is 3.58. The Labute approximate surface area is 126 Å². The minimum absolute atomic E-state index is 0.0404. The van der Waals surface area contributed by atoms with Crippen molar-refractivity contribution in [1.82, 2.24) is 25.0 Å². The van der Waals surface area contributed by atoms with Gasteiger partial charge < -0.3 is 9.88 Å². The van der Waals surface area contributed by atoms with Gasteiger partial charge >= 0.3 is 0 Å². The maximum Gasteiger partial charge on any atom is 0.217 e. The van der Waals surface area contributed by atoms with Gasteiger partial charge in [0, 0.05) is 39.5 Å². The van der Waals surface area contributed by atoms with Crippen molar-refractivity contribution in [3.63, 3.8) is 0 Å². The van der Waals surface area contributed by atoms with E-state index in [0.29, 0.717) is 12.5 Å². The van der Waals surface area contributed by atoms with Crippen LogP contribution in [0.15, 0.2) is 12.2 Å². The van der Waals surface area contributed by atoms with E-state index in [0.717, 1.165) is 44.2 Å². The van der Waals surface area contributed by atoms with Crippen molar-refractivity contribution in [2.45, 2.75) is 40.3 Å². The number of carbonyl (C=O) groups excluding carboxylic acids is 1. The summed E-state index contributed by atoms with van der Waals surface area (Å²) in [5.41, 5.74) is 0. The summed E-state index contributed by atoms with van der Waals surface area (Å²) in [7, 11) is 0. The third-order valence-electron chi connectivity index (χ3n) is 3.58. The molecule has 0 radical (unpaired) electrons. The number of rotatable bonds is 5. The fraction of sp³-hybridized carbons (Fsp3) is 0.667.